The molecule has 9 nitrogen and oxygen atoms in total. The SMILES string of the molecule is CC(N)C(=O)N1CCCC1C(=O)NC(CS)C(=O)NCC(=O)O. The van der Waals surface area contributed by atoms with Crippen LogP contribution in [0, 0.1) is 0 Å². The molecule has 3 atom stereocenters. The smallest absolute Gasteiger partial charge is 0.322 e. The van der Waals surface area contributed by atoms with Crippen LogP contribution in [0.25, 0.3) is 0 Å². The van der Waals surface area contributed by atoms with E-state index in [1.54, 1.807) is 6.92 Å². The van der Waals surface area contributed by atoms with Gasteiger partial charge in [0, 0.05) is 12.3 Å². The van der Waals surface area contributed by atoms with Crippen LogP contribution in [0.1, 0.15) is 19.8 Å². The van der Waals surface area contributed by atoms with E-state index in [9.17, 15) is 19.2 Å². The molecule has 0 radical (unpaired) electrons. The standard InChI is InChI=1S/C13H22N4O5S/c1-7(14)13(22)17-4-2-3-9(17)12(21)16-8(6-23)11(20)15-5-10(18)19/h7-9,23H,2-6,14H2,1H3,(H,15,20)(H,16,21)(H,18,19). The van der Waals surface area contributed by atoms with Crippen LogP contribution in [0.4, 0.5) is 0 Å². The second-order valence-electron chi connectivity index (χ2n) is 5.33. The van der Waals surface area contributed by atoms with Crippen LogP contribution >= 0.6 is 12.6 Å². The maximum absolute atomic E-state index is 12.3. The highest BCUT2D eigenvalue weighted by molar-refractivity contribution is 7.80. The van der Waals surface area contributed by atoms with E-state index in [1.807, 2.05) is 0 Å². The molecule has 3 unspecified atom stereocenters. The third kappa shape index (κ3) is 5.39. The average molecular weight is 346 g/mol. The maximum atomic E-state index is 12.3. The number of carbonyl (C=O) groups excluding carboxylic acids is 3. The second-order valence-corrected chi connectivity index (χ2v) is 5.70. The fourth-order valence-electron chi connectivity index (χ4n) is 2.31. The van der Waals surface area contributed by atoms with Crippen LogP contribution in [0.3, 0.4) is 0 Å². The Labute approximate surface area is 139 Å². The third-order valence-electron chi connectivity index (χ3n) is 3.46. The summed E-state index contributed by atoms with van der Waals surface area (Å²) in [5.74, 6) is -2.61. The van der Waals surface area contributed by atoms with Gasteiger partial charge in [-0.05, 0) is 19.8 Å². The van der Waals surface area contributed by atoms with Gasteiger partial charge in [0.15, 0.2) is 0 Å². The van der Waals surface area contributed by atoms with E-state index in [4.69, 9.17) is 10.8 Å². The minimum absolute atomic E-state index is 0.00511. The minimum atomic E-state index is -1.19. The predicted octanol–water partition coefficient (Wildman–Crippen LogP) is -2.06. The summed E-state index contributed by atoms with van der Waals surface area (Å²) in [6.07, 6.45) is 1.16. The summed E-state index contributed by atoms with van der Waals surface area (Å²) in [7, 11) is 0. The van der Waals surface area contributed by atoms with Gasteiger partial charge >= 0.3 is 5.97 Å². The molecule has 1 aliphatic rings. The van der Waals surface area contributed by atoms with Gasteiger partial charge in [0.2, 0.25) is 17.7 Å². The number of amides is 3. The number of likely N-dealkylation sites (tertiary alicyclic amines) is 1. The average Bonchev–Trinajstić information content (AvgIpc) is 2.98. The summed E-state index contributed by atoms with van der Waals surface area (Å²) < 4.78 is 0. The van der Waals surface area contributed by atoms with E-state index in [0.29, 0.717) is 19.4 Å². The first-order valence-corrected chi connectivity index (χ1v) is 7.88. The molecule has 0 spiro atoms. The van der Waals surface area contributed by atoms with Gasteiger partial charge in [-0.15, -0.1) is 0 Å². The maximum Gasteiger partial charge on any atom is 0.322 e. The van der Waals surface area contributed by atoms with E-state index >= 15 is 0 Å². The van der Waals surface area contributed by atoms with Crippen LogP contribution in [-0.4, -0.2) is 70.7 Å². The Morgan fingerprint density at radius 3 is 2.57 bits per heavy atom. The Morgan fingerprint density at radius 1 is 1.39 bits per heavy atom. The lowest BCUT2D eigenvalue weighted by Crippen LogP contribution is -2.55. The monoisotopic (exact) mass is 346 g/mol. The van der Waals surface area contributed by atoms with Crippen LogP contribution in [0.15, 0.2) is 0 Å². The normalized spacial score (nSPS) is 19.8. The zero-order valence-corrected chi connectivity index (χ0v) is 13.7. The molecule has 23 heavy (non-hydrogen) atoms. The first kappa shape index (κ1) is 19.2. The predicted molar refractivity (Wildman–Crippen MR) is 84.8 cm³/mol. The Kier molecular flexibility index (Phi) is 7.30. The van der Waals surface area contributed by atoms with Crippen molar-refractivity contribution in [2.24, 2.45) is 5.73 Å². The second kappa shape index (κ2) is 8.73. The molecule has 0 aromatic carbocycles. The molecule has 0 bridgehead atoms. The number of carboxylic acid groups (broad SMARTS) is 1. The number of thiol groups is 1. The lowest BCUT2D eigenvalue weighted by atomic mass is 10.1. The zero-order chi connectivity index (χ0) is 17.6. The highest BCUT2D eigenvalue weighted by Gasteiger charge is 2.36. The van der Waals surface area contributed by atoms with Crippen LogP contribution in [-0.2, 0) is 19.2 Å². The van der Waals surface area contributed by atoms with Gasteiger partial charge in [0.1, 0.15) is 18.6 Å². The van der Waals surface area contributed by atoms with Crippen molar-refractivity contribution in [3.63, 3.8) is 0 Å². The molecule has 3 amide bonds. The summed E-state index contributed by atoms with van der Waals surface area (Å²) in [4.78, 5) is 48.0. The van der Waals surface area contributed by atoms with E-state index < -0.39 is 42.5 Å². The first-order valence-electron chi connectivity index (χ1n) is 7.24. The molecule has 1 heterocycles. The number of carboxylic acids is 1. The number of nitrogens with two attached hydrogens (primary N) is 1. The minimum Gasteiger partial charge on any atom is -0.480 e. The van der Waals surface area contributed by atoms with Crippen LogP contribution in [0.2, 0.25) is 0 Å². The molecule has 1 aliphatic heterocycles. The summed E-state index contributed by atoms with van der Waals surface area (Å²) in [6, 6.07) is -2.36. The molecule has 1 rings (SSSR count). The Bertz CT molecular complexity index is 485. The molecule has 130 valence electrons. The Balaban J connectivity index is 2.66. The molecule has 5 N–H and O–H groups in total. The van der Waals surface area contributed by atoms with Crippen molar-refractivity contribution in [1.82, 2.24) is 15.5 Å². The largest absolute Gasteiger partial charge is 0.480 e. The van der Waals surface area contributed by atoms with Gasteiger partial charge in [0.05, 0.1) is 6.04 Å². The van der Waals surface area contributed by atoms with Crippen molar-refractivity contribution in [3.8, 4) is 0 Å². The van der Waals surface area contributed by atoms with Crippen molar-refractivity contribution < 1.29 is 24.3 Å². The van der Waals surface area contributed by atoms with Gasteiger partial charge in [-0.3, -0.25) is 19.2 Å². The molecule has 1 fully saturated rings. The molecule has 0 saturated carbocycles. The molecular formula is C13H22N4O5S. The number of nitrogens with one attached hydrogen (secondary N) is 2. The highest BCUT2D eigenvalue weighted by atomic mass is 32.1. The van der Waals surface area contributed by atoms with Gasteiger partial charge in [0.25, 0.3) is 0 Å². The molecule has 0 aliphatic carbocycles. The number of rotatable bonds is 7. The number of hydrogen-bond donors (Lipinski definition) is 5. The number of nitrogens with zero attached hydrogens (tertiary/aromatic N) is 1. The summed E-state index contributed by atoms with van der Waals surface area (Å²) >= 11 is 3.99. The zero-order valence-electron chi connectivity index (χ0n) is 12.8. The lowest BCUT2D eigenvalue weighted by Gasteiger charge is -2.27. The molecule has 1 saturated heterocycles. The quantitative estimate of drug-likeness (QED) is 0.336. The number of hydrogen-bond acceptors (Lipinski definition) is 6. The van der Waals surface area contributed by atoms with Crippen molar-refractivity contribution in [3.05, 3.63) is 0 Å². The molecule has 0 aromatic rings. The first-order chi connectivity index (χ1) is 10.8. The number of carbonyl (C=O) groups is 4. The van der Waals surface area contributed by atoms with Gasteiger partial charge in [-0.25, -0.2) is 0 Å². The summed E-state index contributed by atoms with van der Waals surface area (Å²) in [6.45, 7) is 1.44. The van der Waals surface area contributed by atoms with Gasteiger partial charge < -0.3 is 26.4 Å². The van der Waals surface area contributed by atoms with Crippen molar-refractivity contribution in [1.29, 1.82) is 0 Å². The molecular weight excluding hydrogens is 324 g/mol. The topological polar surface area (TPSA) is 142 Å². The van der Waals surface area contributed by atoms with Gasteiger partial charge in [-0.2, -0.15) is 12.6 Å². The van der Waals surface area contributed by atoms with Gasteiger partial charge in [-0.1, -0.05) is 0 Å². The number of aliphatic carboxylic acids is 1. The Morgan fingerprint density at radius 2 is 2.04 bits per heavy atom. The van der Waals surface area contributed by atoms with Crippen molar-refractivity contribution >= 4 is 36.3 Å². The highest BCUT2D eigenvalue weighted by Crippen LogP contribution is 2.18. The molecule has 0 aromatic heterocycles. The van der Waals surface area contributed by atoms with Crippen LogP contribution in [0.5, 0.6) is 0 Å². The van der Waals surface area contributed by atoms with E-state index in [-0.39, 0.29) is 11.7 Å². The van der Waals surface area contributed by atoms with Crippen molar-refractivity contribution in [2.75, 3.05) is 18.8 Å². The summed E-state index contributed by atoms with van der Waals surface area (Å²) in [5, 5.41) is 13.2. The van der Waals surface area contributed by atoms with E-state index in [2.05, 4.69) is 23.3 Å². The molecule has 10 heteroatoms. The lowest BCUT2D eigenvalue weighted by molar-refractivity contribution is -0.140. The fourth-order valence-corrected chi connectivity index (χ4v) is 2.57. The summed E-state index contributed by atoms with van der Waals surface area (Å²) in [5.41, 5.74) is 5.57. The Hall–Kier alpha value is -1.81. The van der Waals surface area contributed by atoms with Crippen LogP contribution < -0.4 is 16.4 Å². The fraction of sp³-hybridized carbons (Fsp3) is 0.692. The van der Waals surface area contributed by atoms with Crippen molar-refractivity contribution in [2.45, 2.75) is 37.9 Å². The van der Waals surface area contributed by atoms with E-state index in [1.165, 1.54) is 4.90 Å². The third-order valence-corrected chi connectivity index (χ3v) is 3.82. The van der Waals surface area contributed by atoms with E-state index in [0.717, 1.165) is 0 Å².